The second-order valence-corrected chi connectivity index (χ2v) is 6.29. The molecule has 1 heteroatoms. The van der Waals surface area contributed by atoms with Crippen LogP contribution in [0.15, 0.2) is 42.5 Å². The molecule has 0 radical (unpaired) electrons. The standard InChI is InChI=1S/C20H24O/c1-4-16-12-17-10-11-18(14(2)3)20(19(16)17)21-13-15-8-6-5-7-9-15/h5-11,14,16H,4,12-13H2,1-3H3. The van der Waals surface area contributed by atoms with Crippen molar-refractivity contribution in [3.63, 3.8) is 0 Å². The van der Waals surface area contributed by atoms with Gasteiger partial charge in [0.25, 0.3) is 0 Å². The van der Waals surface area contributed by atoms with E-state index < -0.39 is 0 Å². The molecule has 0 amide bonds. The van der Waals surface area contributed by atoms with E-state index in [1.807, 2.05) is 6.07 Å². The lowest BCUT2D eigenvalue weighted by atomic mass is 9.74. The van der Waals surface area contributed by atoms with Gasteiger partial charge in [-0.15, -0.1) is 0 Å². The fourth-order valence-corrected chi connectivity index (χ4v) is 3.21. The Kier molecular flexibility index (Phi) is 4.01. The van der Waals surface area contributed by atoms with Crippen molar-refractivity contribution in [2.75, 3.05) is 0 Å². The molecule has 2 aromatic rings. The highest BCUT2D eigenvalue weighted by molar-refractivity contribution is 5.55. The smallest absolute Gasteiger partial charge is 0.127 e. The third-order valence-corrected chi connectivity index (χ3v) is 4.53. The summed E-state index contributed by atoms with van der Waals surface area (Å²) in [6.45, 7) is 7.43. The monoisotopic (exact) mass is 280 g/mol. The van der Waals surface area contributed by atoms with Crippen molar-refractivity contribution in [2.24, 2.45) is 0 Å². The van der Waals surface area contributed by atoms with Gasteiger partial charge in [0.1, 0.15) is 12.4 Å². The van der Waals surface area contributed by atoms with E-state index in [0.717, 1.165) is 5.75 Å². The lowest BCUT2D eigenvalue weighted by Gasteiger charge is -2.33. The Bertz CT molecular complexity index is 613. The van der Waals surface area contributed by atoms with Crippen molar-refractivity contribution >= 4 is 0 Å². The maximum atomic E-state index is 6.28. The van der Waals surface area contributed by atoms with Gasteiger partial charge >= 0.3 is 0 Å². The summed E-state index contributed by atoms with van der Waals surface area (Å²) in [5, 5.41) is 0. The van der Waals surface area contributed by atoms with E-state index in [-0.39, 0.29) is 0 Å². The van der Waals surface area contributed by atoms with Gasteiger partial charge in [0.2, 0.25) is 0 Å². The lowest BCUT2D eigenvalue weighted by Crippen LogP contribution is -2.19. The number of hydrogen-bond acceptors (Lipinski definition) is 1. The van der Waals surface area contributed by atoms with Gasteiger partial charge in [-0.3, -0.25) is 0 Å². The molecule has 0 aromatic heterocycles. The molecule has 110 valence electrons. The predicted molar refractivity (Wildman–Crippen MR) is 88.0 cm³/mol. The first-order chi connectivity index (χ1) is 10.2. The summed E-state index contributed by atoms with van der Waals surface area (Å²) < 4.78 is 6.28. The molecule has 21 heavy (non-hydrogen) atoms. The van der Waals surface area contributed by atoms with E-state index in [9.17, 15) is 0 Å². The van der Waals surface area contributed by atoms with Crippen LogP contribution >= 0.6 is 0 Å². The molecule has 0 saturated heterocycles. The highest BCUT2D eigenvalue weighted by Gasteiger charge is 2.30. The van der Waals surface area contributed by atoms with Gasteiger partial charge in [0.15, 0.2) is 0 Å². The van der Waals surface area contributed by atoms with Crippen LogP contribution in [0.3, 0.4) is 0 Å². The van der Waals surface area contributed by atoms with Gasteiger partial charge in [0.05, 0.1) is 0 Å². The second-order valence-electron chi connectivity index (χ2n) is 6.29. The minimum atomic E-state index is 0.499. The molecule has 1 unspecified atom stereocenters. The highest BCUT2D eigenvalue weighted by Crippen LogP contribution is 2.46. The molecule has 0 heterocycles. The van der Waals surface area contributed by atoms with Crippen molar-refractivity contribution < 1.29 is 4.74 Å². The molecule has 1 nitrogen and oxygen atoms in total. The summed E-state index contributed by atoms with van der Waals surface area (Å²) in [6.07, 6.45) is 2.42. The van der Waals surface area contributed by atoms with E-state index in [2.05, 4.69) is 57.2 Å². The van der Waals surface area contributed by atoms with E-state index in [4.69, 9.17) is 4.74 Å². The van der Waals surface area contributed by atoms with Crippen LogP contribution < -0.4 is 4.74 Å². The van der Waals surface area contributed by atoms with Crippen LogP contribution in [0.2, 0.25) is 0 Å². The van der Waals surface area contributed by atoms with E-state index in [1.54, 1.807) is 0 Å². The number of fused-ring (bicyclic) bond motifs is 1. The normalized spacial score (nSPS) is 16.5. The fourth-order valence-electron chi connectivity index (χ4n) is 3.21. The average molecular weight is 280 g/mol. The van der Waals surface area contributed by atoms with Gasteiger partial charge in [-0.25, -0.2) is 0 Å². The molecule has 0 fully saturated rings. The molecule has 1 atom stereocenters. The van der Waals surface area contributed by atoms with Gasteiger partial charge in [-0.2, -0.15) is 0 Å². The van der Waals surface area contributed by atoms with Gasteiger partial charge in [-0.05, 0) is 41.4 Å². The Hall–Kier alpha value is -1.76. The van der Waals surface area contributed by atoms with Crippen molar-refractivity contribution in [3.8, 4) is 5.75 Å². The van der Waals surface area contributed by atoms with Crippen molar-refractivity contribution in [3.05, 3.63) is 64.7 Å². The Morgan fingerprint density at radius 2 is 1.86 bits per heavy atom. The number of ether oxygens (including phenoxy) is 1. The Morgan fingerprint density at radius 3 is 2.52 bits per heavy atom. The largest absolute Gasteiger partial charge is 0.488 e. The van der Waals surface area contributed by atoms with Crippen LogP contribution in [-0.4, -0.2) is 0 Å². The van der Waals surface area contributed by atoms with Gasteiger partial charge < -0.3 is 4.74 Å². The summed E-state index contributed by atoms with van der Waals surface area (Å²) >= 11 is 0. The summed E-state index contributed by atoms with van der Waals surface area (Å²) in [4.78, 5) is 0. The highest BCUT2D eigenvalue weighted by atomic mass is 16.5. The van der Waals surface area contributed by atoms with Crippen LogP contribution in [0.5, 0.6) is 5.75 Å². The predicted octanol–water partition coefficient (Wildman–Crippen LogP) is 5.44. The van der Waals surface area contributed by atoms with Crippen LogP contribution in [-0.2, 0) is 13.0 Å². The number of benzene rings is 2. The molecular weight excluding hydrogens is 256 g/mol. The minimum absolute atomic E-state index is 0.499. The summed E-state index contributed by atoms with van der Waals surface area (Å²) in [6, 6.07) is 15.0. The van der Waals surface area contributed by atoms with Gasteiger partial charge in [-0.1, -0.05) is 63.2 Å². The topological polar surface area (TPSA) is 9.23 Å². The first-order valence-electron chi connectivity index (χ1n) is 8.03. The quantitative estimate of drug-likeness (QED) is 0.708. The molecule has 0 spiro atoms. The van der Waals surface area contributed by atoms with Crippen molar-refractivity contribution in [2.45, 2.75) is 52.1 Å². The molecule has 1 aliphatic rings. The first-order valence-corrected chi connectivity index (χ1v) is 8.03. The third-order valence-electron chi connectivity index (χ3n) is 4.53. The Morgan fingerprint density at radius 1 is 1.10 bits per heavy atom. The number of rotatable bonds is 5. The van der Waals surface area contributed by atoms with Gasteiger partial charge in [0, 0.05) is 5.56 Å². The van der Waals surface area contributed by atoms with E-state index >= 15 is 0 Å². The van der Waals surface area contributed by atoms with Crippen molar-refractivity contribution in [1.29, 1.82) is 0 Å². The molecule has 0 N–H and O–H groups in total. The minimum Gasteiger partial charge on any atom is -0.488 e. The van der Waals surface area contributed by atoms with Crippen LogP contribution in [0.4, 0.5) is 0 Å². The average Bonchev–Trinajstić information content (AvgIpc) is 2.47. The van der Waals surface area contributed by atoms with Crippen molar-refractivity contribution in [1.82, 2.24) is 0 Å². The molecular formula is C20H24O. The Labute approximate surface area is 128 Å². The Balaban J connectivity index is 1.90. The molecule has 0 aliphatic heterocycles. The molecule has 2 aromatic carbocycles. The maximum Gasteiger partial charge on any atom is 0.127 e. The fraction of sp³-hybridized carbons (Fsp3) is 0.400. The summed E-state index contributed by atoms with van der Waals surface area (Å²) in [5.74, 6) is 2.34. The van der Waals surface area contributed by atoms with Crippen LogP contribution in [0.25, 0.3) is 0 Å². The van der Waals surface area contributed by atoms with E-state index in [0.29, 0.717) is 18.4 Å². The second kappa shape index (κ2) is 5.93. The first kappa shape index (κ1) is 14.2. The summed E-state index contributed by atoms with van der Waals surface area (Å²) in [7, 11) is 0. The van der Waals surface area contributed by atoms with Crippen LogP contribution in [0, 0.1) is 0 Å². The summed E-state index contributed by atoms with van der Waals surface area (Å²) in [5.41, 5.74) is 5.54. The van der Waals surface area contributed by atoms with Crippen LogP contribution in [0.1, 0.15) is 61.3 Å². The zero-order valence-corrected chi connectivity index (χ0v) is 13.2. The SMILES string of the molecule is CCC1Cc2ccc(C(C)C)c(OCc3ccccc3)c21. The zero-order chi connectivity index (χ0) is 14.8. The molecule has 0 bridgehead atoms. The molecule has 1 aliphatic carbocycles. The number of hydrogen-bond donors (Lipinski definition) is 0. The zero-order valence-electron chi connectivity index (χ0n) is 13.2. The molecule has 0 saturated carbocycles. The lowest BCUT2D eigenvalue weighted by molar-refractivity contribution is 0.292. The molecule has 3 rings (SSSR count). The maximum absolute atomic E-state index is 6.28. The van der Waals surface area contributed by atoms with E-state index in [1.165, 1.54) is 35.1 Å². The third kappa shape index (κ3) is 2.70.